The van der Waals surface area contributed by atoms with Gasteiger partial charge in [-0.1, -0.05) is 84.2 Å². The number of nitrogens with zero attached hydrogens (tertiary/aromatic N) is 1. The van der Waals surface area contributed by atoms with Crippen molar-refractivity contribution >= 4 is 23.8 Å². The number of aliphatic hydroxyl groups is 2. The lowest BCUT2D eigenvalue weighted by Gasteiger charge is -2.29. The number of hydrogen-bond donors (Lipinski definition) is 6. The molecule has 2 rings (SSSR count). The summed E-state index contributed by atoms with van der Waals surface area (Å²) in [5, 5.41) is 31.9. The first-order valence-corrected chi connectivity index (χ1v) is 17.0. The molecule has 0 spiro atoms. The Balaban J connectivity index is 2.17. The molecule has 0 aliphatic rings. The van der Waals surface area contributed by atoms with Gasteiger partial charge in [-0.15, -0.1) is 0 Å². The monoisotopic (exact) mass is 669 g/mol. The van der Waals surface area contributed by atoms with Crippen molar-refractivity contribution in [3.05, 3.63) is 66.0 Å². The molecule has 0 fully saturated rings. The maximum absolute atomic E-state index is 13.7. The molecule has 0 saturated heterocycles. The van der Waals surface area contributed by atoms with Crippen LogP contribution in [0.1, 0.15) is 84.3 Å². The summed E-state index contributed by atoms with van der Waals surface area (Å²) < 4.78 is 5.37. The van der Waals surface area contributed by atoms with Gasteiger partial charge in [0.05, 0.1) is 31.2 Å². The topological polar surface area (TPSA) is 179 Å². The summed E-state index contributed by atoms with van der Waals surface area (Å²) in [6.07, 6.45) is 3.95. The van der Waals surface area contributed by atoms with Crippen molar-refractivity contribution in [3.8, 4) is 0 Å². The minimum atomic E-state index is -1.20. The summed E-state index contributed by atoms with van der Waals surface area (Å²) in [5.74, 6) is -1.36. The first-order chi connectivity index (χ1) is 23.0. The van der Waals surface area contributed by atoms with Gasteiger partial charge in [-0.25, -0.2) is 4.79 Å². The predicted octanol–water partition coefficient (Wildman–Crippen LogP) is 3.40. The molecule has 1 aromatic heterocycles. The molecule has 0 saturated carbocycles. The fraction of sp³-hybridized carbons (Fsp3) is 0.583. The third kappa shape index (κ3) is 14.8. The number of aliphatic hydroxyl groups excluding tert-OH is 2. The molecule has 12 heteroatoms. The van der Waals surface area contributed by atoms with Crippen LogP contribution >= 0.6 is 0 Å². The van der Waals surface area contributed by atoms with Crippen molar-refractivity contribution in [2.24, 2.45) is 11.8 Å². The van der Waals surface area contributed by atoms with Crippen LogP contribution < -0.4 is 21.3 Å². The summed E-state index contributed by atoms with van der Waals surface area (Å²) in [7, 11) is 0. The third-order valence-corrected chi connectivity index (χ3v) is 8.28. The van der Waals surface area contributed by atoms with Gasteiger partial charge in [-0.05, 0) is 47.9 Å². The van der Waals surface area contributed by atoms with Crippen molar-refractivity contribution in [1.82, 2.24) is 26.3 Å². The first-order valence-electron chi connectivity index (χ1n) is 17.0. The third-order valence-electron chi connectivity index (χ3n) is 8.28. The SMILES string of the molecule is CCCC[C@H](NC(=O)[C@H](Cc1ccncc1)NC(=O)OCc1ccccc1)C(=O)NC(CC(C)C)C(O)CC(=O)N[C@H](CO)C(C)CC. The number of pyridine rings is 1. The van der Waals surface area contributed by atoms with E-state index in [-0.39, 0.29) is 37.9 Å². The number of alkyl carbamates (subject to hydrolysis) is 1. The van der Waals surface area contributed by atoms with Gasteiger partial charge in [-0.2, -0.15) is 0 Å². The Morgan fingerprint density at radius 1 is 0.833 bits per heavy atom. The minimum Gasteiger partial charge on any atom is -0.445 e. The number of hydrogen-bond acceptors (Lipinski definition) is 8. The Morgan fingerprint density at radius 3 is 2.10 bits per heavy atom. The Hall–Kier alpha value is -4.03. The van der Waals surface area contributed by atoms with E-state index < -0.39 is 54.1 Å². The highest BCUT2D eigenvalue weighted by atomic mass is 16.5. The van der Waals surface area contributed by atoms with E-state index in [1.807, 2.05) is 65.0 Å². The summed E-state index contributed by atoms with van der Waals surface area (Å²) in [6.45, 7) is 9.55. The number of rotatable bonds is 21. The van der Waals surface area contributed by atoms with Gasteiger partial charge < -0.3 is 36.2 Å². The van der Waals surface area contributed by atoms with Gasteiger partial charge in [-0.3, -0.25) is 19.4 Å². The van der Waals surface area contributed by atoms with Crippen LogP contribution in [0.25, 0.3) is 0 Å². The molecule has 12 nitrogen and oxygen atoms in total. The van der Waals surface area contributed by atoms with E-state index in [9.17, 15) is 29.4 Å². The molecule has 3 unspecified atom stereocenters. The second-order valence-corrected chi connectivity index (χ2v) is 12.8. The molecule has 6 N–H and O–H groups in total. The lowest BCUT2D eigenvalue weighted by Crippen LogP contribution is -2.57. The largest absolute Gasteiger partial charge is 0.445 e. The summed E-state index contributed by atoms with van der Waals surface area (Å²) in [4.78, 5) is 57.0. The zero-order chi connectivity index (χ0) is 35.5. The van der Waals surface area contributed by atoms with Gasteiger partial charge in [0.25, 0.3) is 0 Å². The molecule has 266 valence electrons. The number of ether oxygens (including phenoxy) is 1. The lowest BCUT2D eigenvalue weighted by molar-refractivity contribution is -0.131. The number of unbranched alkanes of at least 4 members (excludes halogenated alkanes) is 1. The molecule has 2 aromatic rings. The number of carbonyl (C=O) groups is 4. The van der Waals surface area contributed by atoms with Crippen LogP contribution in [0, 0.1) is 11.8 Å². The fourth-order valence-corrected chi connectivity index (χ4v) is 5.17. The molecule has 1 aromatic carbocycles. The van der Waals surface area contributed by atoms with Crippen LogP contribution in [0.4, 0.5) is 4.79 Å². The van der Waals surface area contributed by atoms with Crippen molar-refractivity contribution in [2.75, 3.05) is 6.61 Å². The van der Waals surface area contributed by atoms with Crippen LogP contribution in [-0.4, -0.2) is 75.9 Å². The zero-order valence-electron chi connectivity index (χ0n) is 29.0. The van der Waals surface area contributed by atoms with E-state index in [4.69, 9.17) is 4.74 Å². The predicted molar refractivity (Wildman–Crippen MR) is 183 cm³/mol. The highest BCUT2D eigenvalue weighted by Crippen LogP contribution is 2.14. The maximum Gasteiger partial charge on any atom is 0.408 e. The molecular weight excluding hydrogens is 614 g/mol. The Labute approximate surface area is 284 Å². The fourth-order valence-electron chi connectivity index (χ4n) is 5.17. The average Bonchev–Trinajstić information content (AvgIpc) is 3.07. The molecule has 0 aliphatic carbocycles. The lowest BCUT2D eigenvalue weighted by atomic mass is 9.95. The number of nitrogens with one attached hydrogen (secondary N) is 4. The summed E-state index contributed by atoms with van der Waals surface area (Å²) in [6, 6.07) is 9.41. The van der Waals surface area contributed by atoms with Gasteiger partial charge >= 0.3 is 6.09 Å². The molecule has 48 heavy (non-hydrogen) atoms. The zero-order valence-corrected chi connectivity index (χ0v) is 29.0. The van der Waals surface area contributed by atoms with Crippen molar-refractivity contribution in [1.29, 1.82) is 0 Å². The number of aromatic nitrogens is 1. The number of carbonyl (C=O) groups excluding carboxylic acids is 4. The molecular formula is C36H55N5O7. The van der Waals surface area contributed by atoms with E-state index in [0.717, 1.165) is 24.0 Å². The minimum absolute atomic E-state index is 0.0215. The standard InChI is InChI=1S/C36H55N5O7/c1-6-8-14-28(34(45)40-29(19-24(3)4)32(43)21-33(44)38-31(22-42)25(5)7-2)39-35(46)30(20-26-15-17-37-18-16-26)41-36(47)48-23-27-12-10-9-11-13-27/h9-13,15-18,24-25,28-32,42-43H,6-8,14,19-23H2,1-5H3,(H,38,44)(H,39,46)(H,40,45)(H,41,47)/t25?,28-,29?,30-,31+,32?/m0/s1. The quantitative estimate of drug-likeness (QED) is 0.117. The van der Waals surface area contributed by atoms with E-state index in [2.05, 4.69) is 26.3 Å². The molecule has 0 aliphatic heterocycles. The number of amides is 4. The number of benzene rings is 1. The van der Waals surface area contributed by atoms with Crippen molar-refractivity contribution < 1.29 is 34.1 Å². The average molecular weight is 670 g/mol. The molecule has 0 bridgehead atoms. The van der Waals surface area contributed by atoms with E-state index in [1.54, 1.807) is 24.5 Å². The Bertz CT molecular complexity index is 1250. The van der Waals surface area contributed by atoms with Gasteiger partial charge in [0.2, 0.25) is 17.7 Å². The van der Waals surface area contributed by atoms with Gasteiger partial charge in [0, 0.05) is 18.8 Å². The molecule has 4 amide bonds. The second kappa shape index (κ2) is 21.8. The van der Waals surface area contributed by atoms with E-state index in [0.29, 0.717) is 19.3 Å². The highest BCUT2D eigenvalue weighted by molar-refractivity contribution is 5.91. The first kappa shape index (κ1) is 40.1. The normalized spacial score (nSPS) is 14.9. The summed E-state index contributed by atoms with van der Waals surface area (Å²) in [5.41, 5.74) is 1.54. The van der Waals surface area contributed by atoms with Crippen LogP contribution in [-0.2, 0) is 32.1 Å². The maximum atomic E-state index is 13.7. The van der Waals surface area contributed by atoms with Gasteiger partial charge in [0.15, 0.2) is 0 Å². The van der Waals surface area contributed by atoms with Crippen LogP contribution in [0.3, 0.4) is 0 Å². The highest BCUT2D eigenvalue weighted by Gasteiger charge is 2.31. The van der Waals surface area contributed by atoms with Crippen LogP contribution in [0.15, 0.2) is 54.9 Å². The Kier molecular flexibility index (Phi) is 18.2. The van der Waals surface area contributed by atoms with Crippen molar-refractivity contribution in [2.45, 2.75) is 116 Å². The molecule has 6 atom stereocenters. The Morgan fingerprint density at radius 2 is 1.50 bits per heavy atom. The van der Waals surface area contributed by atoms with Crippen LogP contribution in [0.5, 0.6) is 0 Å². The van der Waals surface area contributed by atoms with E-state index >= 15 is 0 Å². The van der Waals surface area contributed by atoms with Gasteiger partial charge in [0.1, 0.15) is 18.7 Å². The summed E-state index contributed by atoms with van der Waals surface area (Å²) >= 11 is 0. The van der Waals surface area contributed by atoms with Crippen molar-refractivity contribution in [3.63, 3.8) is 0 Å². The molecule has 1 heterocycles. The molecule has 0 radical (unpaired) electrons. The van der Waals surface area contributed by atoms with E-state index in [1.165, 1.54) is 0 Å². The van der Waals surface area contributed by atoms with Crippen LogP contribution in [0.2, 0.25) is 0 Å². The smallest absolute Gasteiger partial charge is 0.408 e. The second-order valence-electron chi connectivity index (χ2n) is 12.8.